The van der Waals surface area contributed by atoms with Crippen molar-refractivity contribution in [3.63, 3.8) is 0 Å². The molecule has 0 saturated carbocycles. The number of piperazine rings is 1. The number of aryl methyl sites for hydroxylation is 1. The van der Waals surface area contributed by atoms with Crippen molar-refractivity contribution >= 4 is 39.2 Å². The van der Waals surface area contributed by atoms with E-state index >= 15 is 0 Å². The molecule has 0 radical (unpaired) electrons. The number of fused-ring (bicyclic) bond motifs is 1. The molecule has 1 aromatic carbocycles. The SMILES string of the molecule is Cc1nc2ccc(C(=O)N3CCN(C4CCSCC4)CC3)cc2s1. The highest BCUT2D eigenvalue weighted by Gasteiger charge is 2.27. The monoisotopic (exact) mass is 361 g/mol. The predicted molar refractivity (Wildman–Crippen MR) is 102 cm³/mol. The molecule has 0 N–H and O–H groups in total. The molecule has 6 heteroatoms. The molecule has 24 heavy (non-hydrogen) atoms. The molecule has 3 heterocycles. The van der Waals surface area contributed by atoms with Gasteiger partial charge in [0.15, 0.2) is 0 Å². The first-order chi connectivity index (χ1) is 11.7. The van der Waals surface area contributed by atoms with Crippen LogP contribution in [-0.2, 0) is 0 Å². The van der Waals surface area contributed by atoms with Crippen molar-refractivity contribution in [2.45, 2.75) is 25.8 Å². The normalized spacial score (nSPS) is 20.6. The predicted octanol–water partition coefficient (Wildman–Crippen LogP) is 3.26. The molecule has 4 rings (SSSR count). The van der Waals surface area contributed by atoms with Gasteiger partial charge >= 0.3 is 0 Å². The Balaban J connectivity index is 1.41. The van der Waals surface area contributed by atoms with Gasteiger partial charge in [-0.1, -0.05) is 0 Å². The highest BCUT2D eigenvalue weighted by molar-refractivity contribution is 7.99. The van der Waals surface area contributed by atoms with Crippen LogP contribution in [0.3, 0.4) is 0 Å². The third kappa shape index (κ3) is 3.32. The van der Waals surface area contributed by atoms with Gasteiger partial charge in [0.2, 0.25) is 0 Å². The molecule has 0 bridgehead atoms. The quantitative estimate of drug-likeness (QED) is 0.823. The Morgan fingerprint density at radius 2 is 1.92 bits per heavy atom. The maximum atomic E-state index is 12.8. The Kier molecular flexibility index (Phi) is 4.79. The zero-order valence-corrected chi connectivity index (χ0v) is 15.7. The molecule has 0 aliphatic carbocycles. The topological polar surface area (TPSA) is 36.4 Å². The number of carbonyl (C=O) groups excluding carboxylic acids is 1. The molecule has 2 aliphatic rings. The molecule has 4 nitrogen and oxygen atoms in total. The van der Waals surface area contributed by atoms with Gasteiger partial charge in [0, 0.05) is 37.8 Å². The Hall–Kier alpha value is -1.11. The maximum absolute atomic E-state index is 12.8. The Morgan fingerprint density at radius 1 is 1.17 bits per heavy atom. The Bertz CT molecular complexity index is 731. The van der Waals surface area contributed by atoms with Gasteiger partial charge in [-0.3, -0.25) is 9.69 Å². The summed E-state index contributed by atoms with van der Waals surface area (Å²) < 4.78 is 1.11. The van der Waals surface area contributed by atoms with Crippen molar-refractivity contribution in [1.82, 2.24) is 14.8 Å². The first kappa shape index (κ1) is 16.4. The number of thiazole rings is 1. The summed E-state index contributed by atoms with van der Waals surface area (Å²) in [7, 11) is 0. The van der Waals surface area contributed by atoms with Gasteiger partial charge in [-0.15, -0.1) is 11.3 Å². The van der Waals surface area contributed by atoms with Crippen molar-refractivity contribution in [2.24, 2.45) is 0 Å². The fraction of sp³-hybridized carbons (Fsp3) is 0.556. The van der Waals surface area contributed by atoms with Gasteiger partial charge < -0.3 is 4.90 Å². The average Bonchev–Trinajstić information content (AvgIpc) is 3.01. The van der Waals surface area contributed by atoms with E-state index in [-0.39, 0.29) is 5.91 Å². The lowest BCUT2D eigenvalue weighted by Crippen LogP contribution is -2.52. The van der Waals surface area contributed by atoms with Gasteiger partial charge in [0.05, 0.1) is 15.2 Å². The summed E-state index contributed by atoms with van der Waals surface area (Å²) in [4.78, 5) is 21.9. The van der Waals surface area contributed by atoms with Crippen LogP contribution < -0.4 is 0 Å². The van der Waals surface area contributed by atoms with Gasteiger partial charge in [0.25, 0.3) is 5.91 Å². The van der Waals surface area contributed by atoms with Gasteiger partial charge in [-0.05, 0) is 49.5 Å². The molecular weight excluding hydrogens is 338 g/mol. The van der Waals surface area contributed by atoms with E-state index in [2.05, 4.69) is 21.6 Å². The van der Waals surface area contributed by atoms with Crippen LogP contribution in [0, 0.1) is 6.92 Å². The molecule has 1 aromatic heterocycles. The number of hydrogen-bond acceptors (Lipinski definition) is 5. The third-order valence-electron chi connectivity index (χ3n) is 5.05. The van der Waals surface area contributed by atoms with Gasteiger partial charge in [0.1, 0.15) is 0 Å². The number of thioether (sulfide) groups is 1. The maximum Gasteiger partial charge on any atom is 0.253 e. The lowest BCUT2D eigenvalue weighted by atomic mass is 10.1. The molecule has 0 spiro atoms. The fourth-order valence-corrected chi connectivity index (χ4v) is 5.64. The highest BCUT2D eigenvalue weighted by atomic mass is 32.2. The molecular formula is C18H23N3OS2. The van der Waals surface area contributed by atoms with E-state index in [4.69, 9.17) is 0 Å². The lowest BCUT2D eigenvalue weighted by molar-refractivity contribution is 0.0559. The summed E-state index contributed by atoms with van der Waals surface area (Å²) in [6, 6.07) is 6.64. The molecule has 2 fully saturated rings. The molecule has 1 amide bonds. The van der Waals surface area contributed by atoms with E-state index in [0.29, 0.717) is 0 Å². The van der Waals surface area contributed by atoms with Crippen molar-refractivity contribution in [2.75, 3.05) is 37.7 Å². The van der Waals surface area contributed by atoms with Crippen LogP contribution in [0.2, 0.25) is 0 Å². The summed E-state index contributed by atoms with van der Waals surface area (Å²) in [5.41, 5.74) is 1.79. The second kappa shape index (κ2) is 7.02. The molecule has 2 saturated heterocycles. The second-order valence-electron chi connectivity index (χ2n) is 6.59. The van der Waals surface area contributed by atoms with Crippen LogP contribution in [0.1, 0.15) is 28.2 Å². The standard InChI is InChI=1S/C18H23N3OS2/c1-13-19-16-3-2-14(12-17(16)24-13)18(22)21-8-6-20(7-9-21)15-4-10-23-11-5-15/h2-3,12,15H,4-11H2,1H3. The van der Waals surface area contributed by atoms with E-state index in [1.165, 1.54) is 24.3 Å². The zero-order valence-electron chi connectivity index (χ0n) is 14.0. The Labute approximate surface area is 151 Å². The van der Waals surface area contributed by atoms with E-state index in [9.17, 15) is 4.79 Å². The van der Waals surface area contributed by atoms with Crippen LogP contribution in [0.4, 0.5) is 0 Å². The number of aromatic nitrogens is 1. The largest absolute Gasteiger partial charge is 0.336 e. The van der Waals surface area contributed by atoms with Crippen LogP contribution in [0.25, 0.3) is 10.2 Å². The summed E-state index contributed by atoms with van der Waals surface area (Å²) in [5, 5.41) is 1.05. The van der Waals surface area contributed by atoms with Crippen molar-refractivity contribution in [3.05, 3.63) is 28.8 Å². The first-order valence-electron chi connectivity index (χ1n) is 8.69. The smallest absolute Gasteiger partial charge is 0.253 e. The fourth-order valence-electron chi connectivity index (χ4n) is 3.70. The van der Waals surface area contributed by atoms with Crippen LogP contribution in [0.15, 0.2) is 18.2 Å². The van der Waals surface area contributed by atoms with Gasteiger partial charge in [-0.25, -0.2) is 4.98 Å². The van der Waals surface area contributed by atoms with Crippen molar-refractivity contribution < 1.29 is 4.79 Å². The number of hydrogen-bond donors (Lipinski definition) is 0. The molecule has 2 aliphatic heterocycles. The molecule has 2 aromatic rings. The lowest BCUT2D eigenvalue weighted by Gasteiger charge is -2.40. The van der Waals surface area contributed by atoms with Crippen molar-refractivity contribution in [3.8, 4) is 0 Å². The number of benzene rings is 1. The van der Waals surface area contributed by atoms with Crippen LogP contribution in [-0.4, -0.2) is 64.4 Å². The number of amides is 1. The summed E-state index contributed by atoms with van der Waals surface area (Å²) in [6.45, 7) is 5.74. The first-order valence-corrected chi connectivity index (χ1v) is 10.7. The summed E-state index contributed by atoms with van der Waals surface area (Å²) in [5.74, 6) is 2.75. The minimum atomic E-state index is 0.168. The minimum absolute atomic E-state index is 0.168. The number of carbonyl (C=O) groups is 1. The second-order valence-corrected chi connectivity index (χ2v) is 9.05. The van der Waals surface area contributed by atoms with Crippen LogP contribution in [0.5, 0.6) is 0 Å². The number of rotatable bonds is 2. The number of nitrogens with zero attached hydrogens (tertiary/aromatic N) is 3. The Morgan fingerprint density at radius 3 is 2.67 bits per heavy atom. The molecule has 128 valence electrons. The highest BCUT2D eigenvalue weighted by Crippen LogP contribution is 2.25. The average molecular weight is 362 g/mol. The molecule has 0 atom stereocenters. The zero-order chi connectivity index (χ0) is 16.5. The van der Waals surface area contributed by atoms with Gasteiger partial charge in [-0.2, -0.15) is 11.8 Å². The summed E-state index contributed by atoms with van der Waals surface area (Å²) >= 11 is 3.73. The third-order valence-corrected chi connectivity index (χ3v) is 7.03. The summed E-state index contributed by atoms with van der Waals surface area (Å²) in [6.07, 6.45) is 2.61. The van der Waals surface area contributed by atoms with Crippen molar-refractivity contribution in [1.29, 1.82) is 0 Å². The van der Waals surface area contributed by atoms with E-state index in [1.807, 2.05) is 30.0 Å². The molecule has 0 unspecified atom stereocenters. The van der Waals surface area contributed by atoms with Crippen LogP contribution >= 0.6 is 23.1 Å². The van der Waals surface area contributed by atoms with E-state index in [0.717, 1.165) is 53.0 Å². The minimum Gasteiger partial charge on any atom is -0.336 e. The van der Waals surface area contributed by atoms with E-state index in [1.54, 1.807) is 11.3 Å². The van der Waals surface area contributed by atoms with E-state index < -0.39 is 0 Å².